The first kappa shape index (κ1) is 19.8. The van der Waals surface area contributed by atoms with Crippen molar-refractivity contribution in [3.63, 3.8) is 0 Å². The summed E-state index contributed by atoms with van der Waals surface area (Å²) in [5.74, 6) is -2.69. The maximum Gasteiger partial charge on any atom is 0.353 e. The van der Waals surface area contributed by atoms with Gasteiger partial charge in [-0.1, -0.05) is 6.07 Å². The zero-order chi connectivity index (χ0) is 22.3. The van der Waals surface area contributed by atoms with Gasteiger partial charge < -0.3 is 26.2 Å². The van der Waals surface area contributed by atoms with Crippen molar-refractivity contribution in [2.75, 3.05) is 11.9 Å². The van der Waals surface area contributed by atoms with E-state index < -0.39 is 23.8 Å². The molecule has 4 rings (SSSR count). The highest BCUT2D eigenvalue weighted by atomic mass is 16.5. The summed E-state index contributed by atoms with van der Waals surface area (Å²) in [7, 11) is 0. The van der Waals surface area contributed by atoms with Crippen molar-refractivity contribution in [3.05, 3.63) is 53.2 Å². The highest BCUT2D eigenvalue weighted by Crippen LogP contribution is 2.30. The van der Waals surface area contributed by atoms with Crippen LogP contribution in [0.2, 0.25) is 0 Å². The number of hydrogen-bond donors (Lipinski definition) is 4. The number of hydrogen-bond acceptors (Lipinski definition) is 7. The number of ether oxygens (including phenoxy) is 1. The Morgan fingerprint density at radius 3 is 2.81 bits per heavy atom. The topological polar surface area (TPSA) is 178 Å². The van der Waals surface area contributed by atoms with E-state index in [-0.39, 0.29) is 35.2 Å². The smallest absolute Gasteiger partial charge is 0.353 e. The molecule has 1 aliphatic rings. The number of primary amides is 1. The van der Waals surface area contributed by atoms with E-state index in [4.69, 9.17) is 10.5 Å². The number of fused-ring (bicyclic) bond motifs is 2. The maximum absolute atomic E-state index is 12.8. The summed E-state index contributed by atoms with van der Waals surface area (Å²) in [6.07, 6.45) is 1.10. The molecule has 158 valence electrons. The summed E-state index contributed by atoms with van der Waals surface area (Å²) in [6.45, 7) is 1.63. The van der Waals surface area contributed by atoms with Gasteiger partial charge in [0.1, 0.15) is 23.5 Å². The molecule has 1 aliphatic heterocycles. The number of imidazole rings is 1. The number of benzene rings is 1. The van der Waals surface area contributed by atoms with Crippen molar-refractivity contribution in [3.8, 4) is 5.75 Å². The fraction of sp³-hybridized carbons (Fsp3) is 0.158. The van der Waals surface area contributed by atoms with Gasteiger partial charge in [0.2, 0.25) is 0 Å². The molecule has 0 fully saturated rings. The van der Waals surface area contributed by atoms with Gasteiger partial charge in [0.15, 0.2) is 17.9 Å². The number of rotatable bonds is 5. The third-order valence-electron chi connectivity index (χ3n) is 4.67. The maximum atomic E-state index is 12.8. The number of aromatic nitrogens is 3. The van der Waals surface area contributed by atoms with Crippen LogP contribution >= 0.6 is 0 Å². The van der Waals surface area contributed by atoms with E-state index in [1.54, 1.807) is 25.1 Å². The van der Waals surface area contributed by atoms with Crippen molar-refractivity contribution in [1.29, 1.82) is 0 Å². The van der Waals surface area contributed by atoms with Crippen LogP contribution in [0.25, 0.3) is 5.65 Å². The van der Waals surface area contributed by atoms with Crippen LogP contribution in [0.3, 0.4) is 0 Å². The number of amides is 3. The zero-order valence-electron chi connectivity index (χ0n) is 16.1. The fourth-order valence-corrected chi connectivity index (χ4v) is 3.15. The van der Waals surface area contributed by atoms with Crippen molar-refractivity contribution < 1.29 is 29.0 Å². The van der Waals surface area contributed by atoms with Crippen LogP contribution in [0.4, 0.5) is 5.69 Å². The van der Waals surface area contributed by atoms with Crippen molar-refractivity contribution >= 4 is 35.0 Å². The number of nitrogens with two attached hydrogens (primary N) is 1. The number of carboxylic acid groups (broad SMARTS) is 1. The predicted molar refractivity (Wildman–Crippen MR) is 105 cm³/mol. The second kappa shape index (κ2) is 7.40. The van der Waals surface area contributed by atoms with Crippen molar-refractivity contribution in [1.82, 2.24) is 19.7 Å². The molecule has 3 heterocycles. The standard InChI is InChI=1S/C19H16N6O6/c1-8(9-2-3-13-10(4-9)23-14(26)6-31-13)22-18(28)11-5-12(19(29)30)25-7-21-15(16(20)27)17(25)24-11/h2-5,7-8H,6H2,1H3,(H2,20,27)(H,22,28)(H,23,26)(H,29,30)/t8-/m1/s1. The van der Waals surface area contributed by atoms with Gasteiger partial charge in [-0.25, -0.2) is 14.8 Å². The summed E-state index contributed by atoms with van der Waals surface area (Å²) in [5.41, 5.74) is 5.47. The summed E-state index contributed by atoms with van der Waals surface area (Å²) >= 11 is 0. The molecule has 3 amide bonds. The molecular weight excluding hydrogens is 408 g/mol. The minimum atomic E-state index is -1.34. The first-order valence-corrected chi connectivity index (χ1v) is 9.03. The molecule has 1 aromatic carbocycles. The molecule has 0 saturated heterocycles. The molecule has 1 atom stereocenters. The lowest BCUT2D eigenvalue weighted by molar-refractivity contribution is -0.118. The van der Waals surface area contributed by atoms with Crippen molar-refractivity contribution in [2.24, 2.45) is 5.73 Å². The van der Waals surface area contributed by atoms with Gasteiger partial charge in [0.05, 0.1) is 11.7 Å². The average Bonchev–Trinajstić information content (AvgIpc) is 3.16. The Balaban J connectivity index is 1.64. The lowest BCUT2D eigenvalue weighted by atomic mass is 10.1. The van der Waals surface area contributed by atoms with Crippen LogP contribution in [-0.2, 0) is 4.79 Å². The SMILES string of the molecule is C[C@@H](NC(=O)c1cc(C(=O)O)n2cnc(C(N)=O)c2n1)c1ccc2c(c1)NC(=O)CO2. The van der Waals surface area contributed by atoms with Gasteiger partial charge in [-0.05, 0) is 24.6 Å². The van der Waals surface area contributed by atoms with Crippen LogP contribution in [0, 0.1) is 0 Å². The predicted octanol–water partition coefficient (Wildman–Crippen LogP) is 0.348. The number of carbonyl (C=O) groups is 4. The molecule has 2 aromatic heterocycles. The van der Waals surface area contributed by atoms with E-state index in [1.807, 2.05) is 0 Å². The Hall–Kier alpha value is -4.48. The molecule has 0 spiro atoms. The van der Waals surface area contributed by atoms with Crippen LogP contribution in [0.15, 0.2) is 30.6 Å². The average molecular weight is 424 g/mol. The molecule has 5 N–H and O–H groups in total. The first-order valence-electron chi connectivity index (χ1n) is 9.03. The Bertz CT molecular complexity index is 1270. The summed E-state index contributed by atoms with van der Waals surface area (Å²) < 4.78 is 6.37. The fourth-order valence-electron chi connectivity index (χ4n) is 3.15. The Labute approximate surface area is 174 Å². The minimum Gasteiger partial charge on any atom is -0.482 e. The van der Waals surface area contributed by atoms with E-state index in [1.165, 1.54) is 0 Å². The van der Waals surface area contributed by atoms with E-state index in [0.717, 1.165) is 16.8 Å². The number of carboxylic acids is 1. The van der Waals surface area contributed by atoms with Gasteiger partial charge in [0, 0.05) is 6.07 Å². The number of nitrogens with one attached hydrogen (secondary N) is 2. The van der Waals surface area contributed by atoms with E-state index >= 15 is 0 Å². The summed E-state index contributed by atoms with van der Waals surface area (Å²) in [4.78, 5) is 55.3. The molecule has 0 aliphatic carbocycles. The second-order valence-corrected chi connectivity index (χ2v) is 6.77. The number of aromatic carboxylic acids is 1. The Morgan fingerprint density at radius 2 is 2.10 bits per heavy atom. The minimum absolute atomic E-state index is 0.0689. The highest BCUT2D eigenvalue weighted by molar-refractivity contribution is 6.00. The first-order chi connectivity index (χ1) is 14.7. The molecule has 31 heavy (non-hydrogen) atoms. The third kappa shape index (κ3) is 3.61. The summed E-state index contributed by atoms with van der Waals surface area (Å²) in [5, 5.41) is 14.9. The van der Waals surface area contributed by atoms with Gasteiger partial charge >= 0.3 is 5.97 Å². The molecule has 0 unspecified atom stereocenters. The number of anilines is 1. The van der Waals surface area contributed by atoms with Gasteiger partial charge in [-0.3, -0.25) is 18.8 Å². The Kier molecular flexibility index (Phi) is 4.73. The van der Waals surface area contributed by atoms with E-state index in [0.29, 0.717) is 17.0 Å². The number of nitrogens with zero attached hydrogens (tertiary/aromatic N) is 3. The molecule has 12 heteroatoms. The van der Waals surface area contributed by atoms with Crippen LogP contribution in [0.5, 0.6) is 5.75 Å². The molecule has 3 aromatic rings. The van der Waals surface area contributed by atoms with Crippen LogP contribution in [-0.4, -0.2) is 49.8 Å². The van der Waals surface area contributed by atoms with Gasteiger partial charge in [-0.2, -0.15) is 0 Å². The summed E-state index contributed by atoms with van der Waals surface area (Å²) in [6, 6.07) is 5.61. The monoisotopic (exact) mass is 424 g/mol. The van der Waals surface area contributed by atoms with E-state index in [9.17, 15) is 24.3 Å². The number of carbonyl (C=O) groups excluding carboxylic acids is 3. The van der Waals surface area contributed by atoms with E-state index in [2.05, 4.69) is 20.6 Å². The molecule has 0 saturated carbocycles. The third-order valence-corrected chi connectivity index (χ3v) is 4.67. The largest absolute Gasteiger partial charge is 0.482 e. The normalized spacial score (nSPS) is 13.6. The lowest BCUT2D eigenvalue weighted by Crippen LogP contribution is -2.29. The zero-order valence-corrected chi connectivity index (χ0v) is 16.1. The molecule has 0 radical (unpaired) electrons. The quantitative estimate of drug-likeness (QED) is 0.453. The molecular formula is C19H16N6O6. The molecule has 12 nitrogen and oxygen atoms in total. The van der Waals surface area contributed by atoms with Gasteiger partial charge in [0.25, 0.3) is 17.7 Å². The highest BCUT2D eigenvalue weighted by Gasteiger charge is 2.23. The van der Waals surface area contributed by atoms with Crippen LogP contribution < -0.4 is 21.1 Å². The Morgan fingerprint density at radius 1 is 1.32 bits per heavy atom. The van der Waals surface area contributed by atoms with Crippen LogP contribution in [0.1, 0.15) is 50.0 Å². The second-order valence-electron chi connectivity index (χ2n) is 6.77. The van der Waals surface area contributed by atoms with Crippen molar-refractivity contribution in [2.45, 2.75) is 13.0 Å². The van der Waals surface area contributed by atoms with Gasteiger partial charge in [-0.15, -0.1) is 0 Å². The molecule has 0 bridgehead atoms. The lowest BCUT2D eigenvalue weighted by Gasteiger charge is -2.21.